The van der Waals surface area contributed by atoms with E-state index in [1.54, 1.807) is 127 Å². The van der Waals surface area contributed by atoms with E-state index >= 15 is 14.4 Å². The Bertz CT molecular complexity index is 4760. The zero-order valence-corrected chi connectivity index (χ0v) is 61.4. The van der Waals surface area contributed by atoms with Crippen molar-refractivity contribution >= 4 is 41.8 Å². The SMILES string of the molecule is C#CCO[C@H]1O[C@H](CO[C@@H]2O[C@H](COC(=O)c3ccccc3)[C@@H](O[C@@H]3O[C@H](COC(=O)c4ccccc4)[C@H](OC(=O)c4ccccc4)[C@H](OC(=O)c4ccccc4)[C@H]3OC(=O)c3ccccc3)[C@H](OC(=O)c3ccccc3)[C@H]2OC(=O)c2ccccc2)[C@@H](OCc2ccccc2)[C@H](OCc2ccccc2)[C@H]1OCc1ccccc1. The summed E-state index contributed by atoms with van der Waals surface area (Å²) in [5, 5.41) is 0. The molecule has 3 aliphatic heterocycles. The molecule has 0 radical (unpaired) electrons. The minimum absolute atomic E-state index is 0.00484. The Kier molecular flexibility index (Phi) is 28.2. The molecule has 0 aliphatic carbocycles. The second kappa shape index (κ2) is 40.2. The van der Waals surface area contributed by atoms with E-state index < -0.39 is 154 Å². The molecule has 3 heterocycles. The van der Waals surface area contributed by atoms with Crippen LogP contribution >= 0.6 is 0 Å². The summed E-state index contributed by atoms with van der Waals surface area (Å²) in [6, 6.07) is 82.8. The van der Waals surface area contributed by atoms with Crippen LogP contribution in [0.2, 0.25) is 0 Å². The molecule has 23 nitrogen and oxygen atoms in total. The Balaban J connectivity index is 0.956. The van der Waals surface area contributed by atoms with Crippen molar-refractivity contribution in [1.29, 1.82) is 0 Å². The molecule has 0 unspecified atom stereocenters. The predicted molar refractivity (Wildman–Crippen MR) is 408 cm³/mol. The minimum Gasteiger partial charge on any atom is -0.459 e. The standard InChI is InChI=1S/C91H80O23/c1-2-53-99-89-79(102-56-62-37-17-5-18-38-62)76(101-55-61-35-15-4-16-36-61)73(100-54-60-33-13-3-14-34-60)70(106-89)59-105-90-80(112-87(97)68-49-29-11-30-50-68)78(111-86(96)67-47-27-10-28-48-67)75(72(107-90)58-104-83(93)64-41-21-7-22-42-64)114-91-81(113-88(98)69-51-31-12-32-52-69)77(110-85(95)66-45-25-9-26-46-66)74(109-84(94)65-43-23-8-24-44-65)71(108-91)57-103-82(92)63-39-19-6-20-40-63/h1,3-52,70-81,89-91H,53-59H2/t70-,71-,72-,73-,74+,75-,76+,77+,78+,79-,80-,81-,89+,90-,91+/m1/s1. The maximum Gasteiger partial charge on any atom is 0.338 e. The first kappa shape index (κ1) is 79.8. The van der Waals surface area contributed by atoms with Gasteiger partial charge in [0.1, 0.15) is 62.5 Å². The fourth-order valence-corrected chi connectivity index (χ4v) is 13.0. The highest BCUT2D eigenvalue weighted by molar-refractivity contribution is 5.93. The van der Waals surface area contributed by atoms with Crippen molar-refractivity contribution in [2.75, 3.05) is 26.4 Å². The molecule has 0 amide bonds. The maximum absolute atomic E-state index is 15.4. The normalized spacial score (nSPS) is 23.1. The van der Waals surface area contributed by atoms with E-state index in [4.69, 9.17) is 82.2 Å². The second-order valence-corrected chi connectivity index (χ2v) is 26.5. The molecule has 0 aromatic heterocycles. The number of carbonyl (C=O) groups excluding carboxylic acids is 7. The van der Waals surface area contributed by atoms with Crippen LogP contribution in [0.3, 0.4) is 0 Å². The van der Waals surface area contributed by atoms with Crippen LogP contribution in [0, 0.1) is 12.3 Å². The third kappa shape index (κ3) is 21.3. The summed E-state index contributed by atoms with van der Waals surface area (Å²) in [5.74, 6) is -4.37. The van der Waals surface area contributed by atoms with Gasteiger partial charge in [-0.15, -0.1) is 6.42 Å². The summed E-state index contributed by atoms with van der Waals surface area (Å²) in [5.41, 5.74) is 2.47. The van der Waals surface area contributed by atoms with Crippen molar-refractivity contribution in [2.45, 2.75) is 112 Å². The number of terminal acetylenes is 1. The molecule has 0 saturated carbocycles. The third-order valence-corrected chi connectivity index (χ3v) is 18.7. The van der Waals surface area contributed by atoms with Gasteiger partial charge in [-0.1, -0.05) is 224 Å². The molecule has 3 aliphatic rings. The predicted octanol–water partition coefficient (Wildman–Crippen LogP) is 12.8. The zero-order valence-electron chi connectivity index (χ0n) is 61.4. The summed E-state index contributed by atoms with van der Waals surface area (Å²) >= 11 is 0. The highest BCUT2D eigenvalue weighted by Gasteiger charge is 2.59. The lowest BCUT2D eigenvalue weighted by atomic mass is 9.95. The van der Waals surface area contributed by atoms with Crippen LogP contribution in [0.4, 0.5) is 0 Å². The fraction of sp³-hybridized carbons (Fsp3) is 0.242. The zero-order chi connectivity index (χ0) is 78.8. The molecule has 0 spiro atoms. The summed E-state index contributed by atoms with van der Waals surface area (Å²) in [6.07, 6.45) is -19.6. The van der Waals surface area contributed by atoms with Gasteiger partial charge in [0.05, 0.1) is 65.4 Å². The van der Waals surface area contributed by atoms with Gasteiger partial charge in [-0.2, -0.15) is 0 Å². The second-order valence-electron chi connectivity index (χ2n) is 26.5. The topological polar surface area (TPSA) is 267 Å². The number of rotatable bonds is 32. The van der Waals surface area contributed by atoms with Crippen LogP contribution in [0.1, 0.15) is 89.2 Å². The molecular formula is C91H80O23. The molecule has 114 heavy (non-hydrogen) atoms. The van der Waals surface area contributed by atoms with E-state index in [0.717, 1.165) is 16.7 Å². The van der Waals surface area contributed by atoms with Crippen LogP contribution in [0.25, 0.3) is 0 Å². The van der Waals surface area contributed by atoms with E-state index in [9.17, 15) is 19.2 Å². The smallest absolute Gasteiger partial charge is 0.338 e. The highest BCUT2D eigenvalue weighted by atomic mass is 16.8. The van der Waals surface area contributed by atoms with Gasteiger partial charge in [0.15, 0.2) is 49.4 Å². The van der Waals surface area contributed by atoms with Crippen molar-refractivity contribution < 1.29 is 109 Å². The first-order valence-corrected chi connectivity index (χ1v) is 36.9. The van der Waals surface area contributed by atoms with E-state index in [-0.39, 0.29) is 65.4 Å². The van der Waals surface area contributed by atoms with Gasteiger partial charge in [0, 0.05) is 0 Å². The molecule has 3 fully saturated rings. The number of benzene rings is 10. The average Bonchev–Trinajstić information content (AvgIpc) is 0.756. The molecule has 0 bridgehead atoms. The first-order chi connectivity index (χ1) is 55.9. The summed E-state index contributed by atoms with van der Waals surface area (Å²) in [6.45, 7) is -2.37. The summed E-state index contributed by atoms with van der Waals surface area (Å²) < 4.78 is 107. The monoisotopic (exact) mass is 1540 g/mol. The molecule has 3 saturated heterocycles. The molecule has 15 atom stereocenters. The summed E-state index contributed by atoms with van der Waals surface area (Å²) in [4.78, 5) is 104. The fourth-order valence-electron chi connectivity index (χ4n) is 13.0. The van der Waals surface area contributed by atoms with Gasteiger partial charge in [-0.3, -0.25) is 0 Å². The van der Waals surface area contributed by atoms with Gasteiger partial charge in [0.2, 0.25) is 0 Å². The molecular weight excluding hydrogens is 1460 g/mol. The lowest BCUT2D eigenvalue weighted by molar-refractivity contribution is -0.364. The number of carbonyl (C=O) groups is 7. The van der Waals surface area contributed by atoms with E-state index in [1.807, 2.05) is 91.0 Å². The number of esters is 7. The van der Waals surface area contributed by atoms with E-state index in [2.05, 4.69) is 5.92 Å². The minimum atomic E-state index is -2.18. The van der Waals surface area contributed by atoms with Crippen LogP contribution < -0.4 is 0 Å². The van der Waals surface area contributed by atoms with E-state index in [0.29, 0.717) is 0 Å². The van der Waals surface area contributed by atoms with Gasteiger partial charge in [-0.05, 0) is 102 Å². The number of hydrogen-bond donors (Lipinski definition) is 0. The largest absolute Gasteiger partial charge is 0.459 e. The molecule has 13 rings (SSSR count). The number of hydrogen-bond acceptors (Lipinski definition) is 23. The molecule has 582 valence electrons. The third-order valence-electron chi connectivity index (χ3n) is 18.7. The van der Waals surface area contributed by atoms with Crippen molar-refractivity contribution in [3.63, 3.8) is 0 Å². The Morgan fingerprint density at radius 1 is 0.254 bits per heavy atom. The molecule has 10 aromatic rings. The molecule has 23 heteroatoms. The Hall–Kier alpha value is -12.3. The van der Waals surface area contributed by atoms with Gasteiger partial charge < -0.3 is 75.8 Å². The maximum atomic E-state index is 15.4. The Morgan fingerprint density at radius 3 is 0.877 bits per heavy atom. The Labute approximate surface area is 657 Å². The quantitative estimate of drug-likeness (QED) is 0.0215. The Morgan fingerprint density at radius 2 is 0.518 bits per heavy atom. The van der Waals surface area contributed by atoms with Crippen molar-refractivity contribution in [3.8, 4) is 12.3 Å². The van der Waals surface area contributed by atoms with Gasteiger partial charge >= 0.3 is 41.8 Å². The van der Waals surface area contributed by atoms with Crippen molar-refractivity contribution in [1.82, 2.24) is 0 Å². The van der Waals surface area contributed by atoms with E-state index in [1.165, 1.54) is 84.9 Å². The van der Waals surface area contributed by atoms with Crippen LogP contribution in [0.5, 0.6) is 0 Å². The highest BCUT2D eigenvalue weighted by Crippen LogP contribution is 2.39. The van der Waals surface area contributed by atoms with Gasteiger partial charge in [-0.25, -0.2) is 33.6 Å². The number of ether oxygens (including phenoxy) is 16. The van der Waals surface area contributed by atoms with Crippen molar-refractivity contribution in [2.24, 2.45) is 0 Å². The van der Waals surface area contributed by atoms with Gasteiger partial charge in [0.25, 0.3) is 0 Å². The van der Waals surface area contributed by atoms with Crippen LogP contribution in [0.15, 0.2) is 303 Å². The average molecular weight is 1540 g/mol. The summed E-state index contributed by atoms with van der Waals surface area (Å²) in [7, 11) is 0. The van der Waals surface area contributed by atoms with Crippen LogP contribution in [-0.4, -0.2) is 160 Å². The lowest BCUT2D eigenvalue weighted by Crippen LogP contribution is -2.67. The van der Waals surface area contributed by atoms with Crippen molar-refractivity contribution in [3.05, 3.63) is 359 Å². The van der Waals surface area contributed by atoms with Crippen LogP contribution in [-0.2, 0) is 95.6 Å². The molecule has 0 N–H and O–H groups in total. The lowest BCUT2D eigenvalue weighted by Gasteiger charge is -2.49. The molecule has 10 aromatic carbocycles. The first-order valence-electron chi connectivity index (χ1n) is 36.9.